The smallest absolute Gasteiger partial charge is 0.258 e. The van der Waals surface area contributed by atoms with E-state index in [1.165, 1.54) is 54.4 Å². The Balaban J connectivity index is 1.51. The number of pyridine rings is 1. The number of benzene rings is 2. The van der Waals surface area contributed by atoms with Crippen LogP contribution in [0.2, 0.25) is 0 Å². The summed E-state index contributed by atoms with van der Waals surface area (Å²) in [7, 11) is 0. The lowest BCUT2D eigenvalue weighted by Gasteiger charge is -2.15. The Hall–Kier alpha value is -3.47. The number of carbonyl (C=O) groups is 1. The third-order valence-corrected chi connectivity index (χ3v) is 8.92. The van der Waals surface area contributed by atoms with Gasteiger partial charge in [0.1, 0.15) is 16.2 Å². The third kappa shape index (κ3) is 5.78. The summed E-state index contributed by atoms with van der Waals surface area (Å²) < 4.78 is 18.1. The monoisotopic (exact) mass is 563 g/mol. The molecule has 0 bridgehead atoms. The van der Waals surface area contributed by atoms with Crippen molar-refractivity contribution in [3.05, 3.63) is 82.6 Å². The lowest BCUT2D eigenvalue weighted by Crippen LogP contribution is -2.35. The van der Waals surface area contributed by atoms with Gasteiger partial charge in [0.05, 0.1) is 15.7 Å². The maximum Gasteiger partial charge on any atom is 0.258 e. The molecule has 4 aromatic rings. The standard InChI is InChI=1S/C29H30FN5O2S2/c1-19(18-32-10-9-31)8-15-38-25-17-23-20(16-21(25)30)27(36)26(28(37)33-11-14-34-12-4-5-13-34)29-35(23)22-6-2-3-7-24(22)39-29/h2-3,6-7,9-10,16-18H,1,4-5,8,11-15,31H2,(H,33,37)/b10-9-,32-18-. The number of aromatic nitrogens is 1. The Kier molecular flexibility index (Phi) is 8.44. The Labute approximate surface area is 233 Å². The van der Waals surface area contributed by atoms with E-state index in [0.717, 1.165) is 35.4 Å². The minimum Gasteiger partial charge on any atom is -0.403 e. The molecule has 1 saturated heterocycles. The summed E-state index contributed by atoms with van der Waals surface area (Å²) in [6, 6.07) is 10.7. The van der Waals surface area contributed by atoms with Gasteiger partial charge in [0, 0.05) is 47.7 Å². The van der Waals surface area contributed by atoms with Crippen molar-refractivity contribution >= 4 is 61.2 Å². The van der Waals surface area contributed by atoms with Crippen LogP contribution in [0.3, 0.4) is 0 Å². The molecule has 0 saturated carbocycles. The van der Waals surface area contributed by atoms with Crippen molar-refractivity contribution in [2.24, 2.45) is 10.7 Å². The highest BCUT2D eigenvalue weighted by Gasteiger charge is 2.23. The van der Waals surface area contributed by atoms with Crippen LogP contribution in [-0.2, 0) is 0 Å². The zero-order chi connectivity index (χ0) is 27.4. The first-order valence-electron chi connectivity index (χ1n) is 12.9. The van der Waals surface area contributed by atoms with Crippen LogP contribution in [0.4, 0.5) is 4.39 Å². The highest BCUT2D eigenvalue weighted by molar-refractivity contribution is 7.99. The number of fused-ring (bicyclic) bond motifs is 5. The molecule has 0 spiro atoms. The molecule has 3 N–H and O–H groups in total. The summed E-state index contributed by atoms with van der Waals surface area (Å²) in [5, 5.41) is 3.12. The number of aliphatic imine (C=N–C) groups is 1. The van der Waals surface area contributed by atoms with E-state index in [1.54, 1.807) is 12.3 Å². The predicted octanol–water partition coefficient (Wildman–Crippen LogP) is 5.17. The molecule has 1 aliphatic heterocycles. The van der Waals surface area contributed by atoms with Crippen LogP contribution in [0.1, 0.15) is 29.6 Å². The molecule has 0 atom stereocenters. The molecule has 2 aromatic carbocycles. The highest BCUT2D eigenvalue weighted by Crippen LogP contribution is 2.34. The molecule has 1 aliphatic rings. The lowest BCUT2D eigenvalue weighted by atomic mass is 10.1. The van der Waals surface area contributed by atoms with Gasteiger partial charge in [-0.2, -0.15) is 0 Å². The Bertz CT molecular complexity index is 1670. The molecule has 39 heavy (non-hydrogen) atoms. The number of thioether (sulfide) groups is 1. The SMILES string of the molecule is C=C(/C=N\C=C/N)CCSc1cc2c(cc1F)c(=O)c(C(=O)NCCN1CCCC1)c1sc3ccccc3n12. The van der Waals surface area contributed by atoms with Gasteiger partial charge >= 0.3 is 0 Å². The first kappa shape index (κ1) is 27.1. The number of nitrogens with two attached hydrogens (primary N) is 1. The number of thiazole rings is 1. The van der Waals surface area contributed by atoms with Crippen LogP contribution < -0.4 is 16.5 Å². The van der Waals surface area contributed by atoms with E-state index in [-0.39, 0.29) is 10.9 Å². The van der Waals surface area contributed by atoms with Crippen LogP contribution in [0.5, 0.6) is 0 Å². The minimum absolute atomic E-state index is 0.0621. The number of allylic oxidation sites excluding steroid dienone is 1. The number of nitrogens with zero attached hydrogens (tertiary/aromatic N) is 3. The number of hydrogen-bond acceptors (Lipinski definition) is 7. The predicted molar refractivity (Wildman–Crippen MR) is 161 cm³/mol. The Morgan fingerprint density at radius 1 is 1.23 bits per heavy atom. The Morgan fingerprint density at radius 3 is 2.82 bits per heavy atom. The van der Waals surface area contributed by atoms with E-state index >= 15 is 4.39 Å². The van der Waals surface area contributed by atoms with Crippen LogP contribution in [0.15, 0.2) is 75.6 Å². The molecule has 0 aliphatic carbocycles. The van der Waals surface area contributed by atoms with Gasteiger partial charge < -0.3 is 16.0 Å². The summed E-state index contributed by atoms with van der Waals surface area (Å²) in [5.41, 5.74) is 7.14. The zero-order valence-corrected chi connectivity index (χ0v) is 23.1. The van der Waals surface area contributed by atoms with Crippen molar-refractivity contribution in [2.75, 3.05) is 31.9 Å². The number of nitrogens with one attached hydrogen (secondary N) is 1. The van der Waals surface area contributed by atoms with Crippen molar-refractivity contribution in [2.45, 2.75) is 24.2 Å². The van der Waals surface area contributed by atoms with E-state index < -0.39 is 17.2 Å². The largest absolute Gasteiger partial charge is 0.403 e. The molecule has 10 heteroatoms. The lowest BCUT2D eigenvalue weighted by molar-refractivity contribution is 0.0950. The number of halogens is 1. The second-order valence-corrected chi connectivity index (χ2v) is 11.6. The molecule has 0 unspecified atom stereocenters. The quantitative estimate of drug-likeness (QED) is 0.205. The van der Waals surface area contributed by atoms with Gasteiger partial charge in [0.2, 0.25) is 5.43 Å². The van der Waals surface area contributed by atoms with E-state index in [2.05, 4.69) is 21.8 Å². The molecule has 0 radical (unpaired) electrons. The fourth-order valence-electron chi connectivity index (χ4n) is 4.82. The van der Waals surface area contributed by atoms with Gasteiger partial charge in [-0.1, -0.05) is 18.7 Å². The molecule has 1 amide bonds. The minimum atomic E-state index is -0.491. The van der Waals surface area contributed by atoms with Gasteiger partial charge in [-0.3, -0.25) is 19.0 Å². The van der Waals surface area contributed by atoms with Crippen LogP contribution in [-0.4, -0.2) is 53.4 Å². The molecular formula is C29H30FN5O2S2. The summed E-state index contributed by atoms with van der Waals surface area (Å²) in [4.78, 5) is 34.4. The van der Waals surface area contributed by atoms with Gasteiger partial charge in [-0.15, -0.1) is 23.1 Å². The second-order valence-electron chi connectivity index (χ2n) is 9.40. The number of rotatable bonds is 10. The second kappa shape index (κ2) is 12.1. The number of likely N-dealkylation sites (tertiary alicyclic amines) is 1. The average Bonchev–Trinajstić information content (AvgIpc) is 3.57. The summed E-state index contributed by atoms with van der Waals surface area (Å²) in [5.74, 6) is -0.331. The number of amides is 1. The van der Waals surface area contributed by atoms with E-state index in [9.17, 15) is 9.59 Å². The molecular weight excluding hydrogens is 533 g/mol. The van der Waals surface area contributed by atoms with Crippen LogP contribution in [0, 0.1) is 5.82 Å². The zero-order valence-electron chi connectivity index (χ0n) is 21.5. The van der Waals surface area contributed by atoms with E-state index in [4.69, 9.17) is 5.73 Å². The molecule has 3 heterocycles. The maximum atomic E-state index is 15.3. The van der Waals surface area contributed by atoms with Crippen molar-refractivity contribution in [3.8, 4) is 0 Å². The van der Waals surface area contributed by atoms with Crippen molar-refractivity contribution < 1.29 is 9.18 Å². The van der Waals surface area contributed by atoms with Crippen LogP contribution in [0.25, 0.3) is 25.9 Å². The summed E-state index contributed by atoms with van der Waals surface area (Å²) in [6.07, 6.45) is 7.38. The fraction of sp³-hybridized carbons (Fsp3) is 0.276. The number of para-hydroxylation sites is 1. The number of carbonyl (C=O) groups excluding carboxylic acids is 1. The number of hydrogen-bond donors (Lipinski definition) is 2. The third-order valence-electron chi connectivity index (χ3n) is 6.74. The van der Waals surface area contributed by atoms with Gasteiger partial charge in [0.25, 0.3) is 5.91 Å². The molecule has 2 aromatic heterocycles. The summed E-state index contributed by atoms with van der Waals surface area (Å²) in [6.45, 7) is 7.22. The van der Waals surface area contributed by atoms with Gasteiger partial charge in [-0.25, -0.2) is 4.39 Å². The van der Waals surface area contributed by atoms with Crippen molar-refractivity contribution in [1.29, 1.82) is 0 Å². The molecule has 1 fully saturated rings. The van der Waals surface area contributed by atoms with E-state index in [0.29, 0.717) is 34.0 Å². The molecule has 5 rings (SSSR count). The molecule has 202 valence electrons. The average molecular weight is 564 g/mol. The topological polar surface area (TPSA) is 92.2 Å². The normalized spacial score (nSPS) is 14.5. The van der Waals surface area contributed by atoms with Crippen LogP contribution >= 0.6 is 23.1 Å². The van der Waals surface area contributed by atoms with E-state index in [1.807, 2.05) is 28.7 Å². The maximum absolute atomic E-state index is 15.3. The first-order chi connectivity index (χ1) is 19.0. The Morgan fingerprint density at radius 2 is 2.03 bits per heavy atom. The van der Waals surface area contributed by atoms with Gasteiger partial charge in [0.15, 0.2) is 0 Å². The first-order valence-corrected chi connectivity index (χ1v) is 14.7. The van der Waals surface area contributed by atoms with Crippen molar-refractivity contribution in [3.63, 3.8) is 0 Å². The van der Waals surface area contributed by atoms with Crippen molar-refractivity contribution in [1.82, 2.24) is 14.6 Å². The van der Waals surface area contributed by atoms with Gasteiger partial charge in [-0.05, 0) is 62.2 Å². The fourth-order valence-corrected chi connectivity index (χ4v) is 6.99. The summed E-state index contributed by atoms with van der Waals surface area (Å²) >= 11 is 2.75. The highest BCUT2D eigenvalue weighted by atomic mass is 32.2. The molecule has 7 nitrogen and oxygen atoms in total.